The van der Waals surface area contributed by atoms with Crippen molar-refractivity contribution in [2.45, 2.75) is 69.9 Å². The SMILES string of the molecule is CN(C)C(=O)c1cc2cnc(Nc3ccc(N4CCN(CCCCCNC(=O)COc5cccc6c5C(=O)N(C5CCC(=O)NC5=O)C6=O)CC4)cn3)nc2n1C1CCCC1. The first-order valence-electron chi connectivity index (χ1n) is 21.1. The molecule has 1 aliphatic carbocycles. The third-order valence-corrected chi connectivity index (χ3v) is 11.9. The number of ether oxygens (including phenoxy) is 1. The molecule has 1 aromatic carbocycles. The topological polar surface area (TPSA) is 204 Å². The highest BCUT2D eigenvalue weighted by Crippen LogP contribution is 2.36. The molecule has 2 saturated heterocycles. The summed E-state index contributed by atoms with van der Waals surface area (Å²) in [4.78, 5) is 97.2. The smallest absolute Gasteiger partial charge is 0.270 e. The molecule has 18 nitrogen and oxygen atoms in total. The summed E-state index contributed by atoms with van der Waals surface area (Å²) in [5.41, 5.74) is 2.56. The molecule has 3 aliphatic heterocycles. The van der Waals surface area contributed by atoms with E-state index in [4.69, 9.17) is 9.72 Å². The Morgan fingerprint density at radius 3 is 2.46 bits per heavy atom. The summed E-state index contributed by atoms with van der Waals surface area (Å²) in [5.74, 6) is -1.68. The van der Waals surface area contributed by atoms with Gasteiger partial charge in [0.15, 0.2) is 6.61 Å². The summed E-state index contributed by atoms with van der Waals surface area (Å²) in [7, 11) is 3.54. The highest BCUT2D eigenvalue weighted by atomic mass is 16.5. The van der Waals surface area contributed by atoms with Crippen LogP contribution in [0, 0.1) is 0 Å². The Bertz CT molecular complexity index is 2330. The van der Waals surface area contributed by atoms with Gasteiger partial charge in [0.25, 0.3) is 23.6 Å². The number of nitrogens with one attached hydrogen (secondary N) is 3. The van der Waals surface area contributed by atoms with Gasteiger partial charge in [-0.2, -0.15) is 4.98 Å². The molecule has 0 bridgehead atoms. The lowest BCUT2D eigenvalue weighted by Gasteiger charge is -2.36. The zero-order chi connectivity index (χ0) is 42.6. The fraction of sp³-hybridized carbons (Fsp3) is 0.465. The molecule has 4 aliphatic rings. The van der Waals surface area contributed by atoms with Crippen molar-refractivity contribution in [3.05, 3.63) is 65.6 Å². The van der Waals surface area contributed by atoms with E-state index in [-0.39, 0.29) is 54.2 Å². The van der Waals surface area contributed by atoms with E-state index in [1.54, 1.807) is 31.3 Å². The lowest BCUT2D eigenvalue weighted by Crippen LogP contribution is -2.54. The molecule has 6 amide bonds. The molecule has 3 aromatic heterocycles. The lowest BCUT2D eigenvalue weighted by atomic mass is 10.0. The third kappa shape index (κ3) is 8.89. The monoisotopic (exact) mass is 833 g/mol. The quantitative estimate of drug-likeness (QED) is 0.116. The van der Waals surface area contributed by atoms with Gasteiger partial charge < -0.3 is 29.7 Å². The zero-order valence-corrected chi connectivity index (χ0v) is 34.5. The van der Waals surface area contributed by atoms with E-state index in [0.29, 0.717) is 24.0 Å². The maximum atomic E-state index is 13.3. The molecule has 0 spiro atoms. The van der Waals surface area contributed by atoms with Gasteiger partial charge >= 0.3 is 0 Å². The van der Waals surface area contributed by atoms with Gasteiger partial charge in [0.05, 0.1) is 23.0 Å². The molecule has 4 aromatic rings. The number of aromatic nitrogens is 4. The number of nitrogens with zero attached hydrogens (tertiary/aromatic N) is 8. The van der Waals surface area contributed by atoms with Crippen molar-refractivity contribution in [2.75, 3.05) is 70.2 Å². The Morgan fingerprint density at radius 1 is 0.918 bits per heavy atom. The van der Waals surface area contributed by atoms with E-state index in [9.17, 15) is 28.8 Å². The molecule has 18 heteroatoms. The number of amides is 6. The van der Waals surface area contributed by atoms with E-state index in [0.717, 1.165) is 99.3 Å². The largest absolute Gasteiger partial charge is 0.483 e. The van der Waals surface area contributed by atoms with Crippen molar-refractivity contribution >= 4 is 63.9 Å². The van der Waals surface area contributed by atoms with E-state index in [2.05, 4.69) is 46.4 Å². The van der Waals surface area contributed by atoms with Crippen molar-refractivity contribution in [3.63, 3.8) is 0 Å². The number of pyridine rings is 1. The first kappa shape index (κ1) is 41.3. The van der Waals surface area contributed by atoms with Crippen LogP contribution in [0.4, 0.5) is 17.5 Å². The Kier molecular flexibility index (Phi) is 12.2. The van der Waals surface area contributed by atoms with Gasteiger partial charge in [0.2, 0.25) is 17.8 Å². The average molecular weight is 834 g/mol. The van der Waals surface area contributed by atoms with Crippen LogP contribution in [0.25, 0.3) is 11.0 Å². The minimum Gasteiger partial charge on any atom is -0.483 e. The molecular weight excluding hydrogens is 783 g/mol. The number of carbonyl (C=O) groups is 6. The third-order valence-electron chi connectivity index (χ3n) is 11.9. The van der Waals surface area contributed by atoms with Crippen LogP contribution in [0.5, 0.6) is 5.75 Å². The number of fused-ring (bicyclic) bond motifs is 2. The van der Waals surface area contributed by atoms with Crippen molar-refractivity contribution < 1.29 is 33.5 Å². The fourth-order valence-corrected chi connectivity index (χ4v) is 8.65. The number of rotatable bonds is 15. The maximum absolute atomic E-state index is 13.3. The molecular formula is C43H51N11O7. The summed E-state index contributed by atoms with van der Waals surface area (Å²) in [6.07, 6.45) is 10.8. The van der Waals surface area contributed by atoms with E-state index < -0.39 is 29.7 Å². The van der Waals surface area contributed by atoms with E-state index >= 15 is 0 Å². The first-order valence-corrected chi connectivity index (χ1v) is 21.1. The van der Waals surface area contributed by atoms with Crippen molar-refractivity contribution in [2.24, 2.45) is 0 Å². The molecule has 1 atom stereocenters. The predicted octanol–water partition coefficient (Wildman–Crippen LogP) is 3.28. The van der Waals surface area contributed by atoms with Gasteiger partial charge in [-0.1, -0.05) is 25.3 Å². The summed E-state index contributed by atoms with van der Waals surface area (Å²) < 4.78 is 7.78. The molecule has 1 saturated carbocycles. The lowest BCUT2D eigenvalue weighted by molar-refractivity contribution is -0.136. The molecule has 8 rings (SSSR count). The number of piperidine rings is 1. The van der Waals surface area contributed by atoms with Crippen LogP contribution in [0.15, 0.2) is 48.8 Å². The standard InChI is InChI=1S/C43H51N11O7/c1-50(2)41(59)32-23-27-24-46-43(49-38(27)53(32)28-9-4-5-10-28)47-34-15-13-29(25-45-34)52-21-19-51(20-22-52)18-7-3-6-17-44-36(56)26-61-33-12-8-11-30-37(33)42(60)54(40(30)58)31-14-16-35(55)48-39(31)57/h8,11-13,15,23-25,28,31H,3-7,9-10,14,16-22,26H2,1-2H3,(H,44,56)(H,48,55,57)(H,45,46,47,49). The van der Waals surface area contributed by atoms with Gasteiger partial charge in [0.1, 0.15) is 29.0 Å². The summed E-state index contributed by atoms with van der Waals surface area (Å²) >= 11 is 0. The fourth-order valence-electron chi connectivity index (χ4n) is 8.65. The van der Waals surface area contributed by atoms with Gasteiger partial charge in [-0.05, 0) is 69.0 Å². The van der Waals surface area contributed by atoms with Crippen molar-refractivity contribution in [3.8, 4) is 5.75 Å². The molecule has 0 radical (unpaired) electrons. The molecule has 320 valence electrons. The highest BCUT2D eigenvalue weighted by molar-refractivity contribution is 6.24. The van der Waals surface area contributed by atoms with Crippen LogP contribution < -0.4 is 25.6 Å². The Hall–Kier alpha value is -6.43. The predicted molar refractivity (Wildman–Crippen MR) is 225 cm³/mol. The Labute approximate surface area is 353 Å². The minimum absolute atomic E-state index is 0.00877. The average Bonchev–Trinajstić information content (AvgIpc) is 3.98. The van der Waals surface area contributed by atoms with Crippen molar-refractivity contribution in [1.82, 2.24) is 44.9 Å². The number of carbonyl (C=O) groups excluding carboxylic acids is 6. The Morgan fingerprint density at radius 2 is 1.72 bits per heavy atom. The zero-order valence-electron chi connectivity index (χ0n) is 34.5. The molecule has 1 unspecified atom stereocenters. The van der Waals surface area contributed by atoms with Crippen LogP contribution in [0.3, 0.4) is 0 Å². The number of hydrogen-bond acceptors (Lipinski definition) is 13. The number of piperazine rings is 1. The van der Waals surface area contributed by atoms with Crippen LogP contribution in [-0.4, -0.2) is 136 Å². The number of hydrogen-bond donors (Lipinski definition) is 3. The van der Waals surface area contributed by atoms with Crippen LogP contribution >= 0.6 is 0 Å². The first-order chi connectivity index (χ1) is 29.5. The van der Waals surface area contributed by atoms with Crippen LogP contribution in [0.1, 0.15) is 95.0 Å². The van der Waals surface area contributed by atoms with Crippen LogP contribution in [-0.2, 0) is 14.4 Å². The van der Waals surface area contributed by atoms with E-state index in [1.165, 1.54) is 12.1 Å². The normalized spacial score (nSPS) is 18.4. The van der Waals surface area contributed by atoms with Gasteiger partial charge in [0, 0.05) is 70.9 Å². The second-order valence-corrected chi connectivity index (χ2v) is 16.2. The summed E-state index contributed by atoms with van der Waals surface area (Å²) in [5, 5.41) is 9.13. The second kappa shape index (κ2) is 18.0. The highest BCUT2D eigenvalue weighted by Gasteiger charge is 2.46. The molecule has 3 N–H and O–H groups in total. The van der Waals surface area contributed by atoms with Crippen molar-refractivity contribution in [1.29, 1.82) is 0 Å². The van der Waals surface area contributed by atoms with Gasteiger partial charge in [-0.25, -0.2) is 9.97 Å². The molecule has 6 heterocycles. The Balaban J connectivity index is 0.738. The summed E-state index contributed by atoms with van der Waals surface area (Å²) in [6, 6.07) is 9.59. The second-order valence-electron chi connectivity index (χ2n) is 16.2. The number of anilines is 3. The maximum Gasteiger partial charge on any atom is 0.270 e. The number of imide groups is 2. The molecule has 61 heavy (non-hydrogen) atoms. The van der Waals surface area contributed by atoms with Gasteiger partial charge in [-0.15, -0.1) is 0 Å². The minimum atomic E-state index is -1.08. The number of benzene rings is 1. The number of unbranched alkanes of at least 4 members (excludes halogenated alkanes) is 2. The van der Waals surface area contributed by atoms with E-state index in [1.807, 2.05) is 18.3 Å². The molecule has 3 fully saturated rings. The van der Waals surface area contributed by atoms with Crippen LogP contribution in [0.2, 0.25) is 0 Å². The van der Waals surface area contributed by atoms with Gasteiger partial charge in [-0.3, -0.25) is 43.9 Å². The summed E-state index contributed by atoms with van der Waals surface area (Å²) in [6.45, 7) is 4.75.